The third-order valence-electron chi connectivity index (χ3n) is 16.4. The molecule has 374 valence electrons. The minimum atomic E-state index is 1.08. The Labute approximate surface area is 463 Å². The predicted octanol–water partition coefficient (Wildman–Crippen LogP) is 21.1. The fraction of sp³-hybridized carbons (Fsp3) is 0. The fourth-order valence-corrected chi connectivity index (χ4v) is 13.0. The van der Waals surface area contributed by atoms with E-state index in [9.17, 15) is 0 Å². The number of hydrogen-bond acceptors (Lipinski definition) is 2. The molecule has 0 saturated carbocycles. The molecule has 0 aliphatic carbocycles. The van der Waals surface area contributed by atoms with Gasteiger partial charge in [0.15, 0.2) is 0 Å². The Hall–Kier alpha value is -10.7. The summed E-state index contributed by atoms with van der Waals surface area (Å²) < 4.78 is 4.78. The van der Waals surface area contributed by atoms with Crippen LogP contribution >= 0.6 is 0 Å². The smallest absolute Gasteiger partial charge is 0.0619 e. The van der Waals surface area contributed by atoms with Crippen LogP contribution in [0.15, 0.2) is 303 Å². The number of hydrogen-bond donors (Lipinski definition) is 0. The van der Waals surface area contributed by atoms with E-state index in [0.29, 0.717) is 0 Å². The molecule has 4 heteroatoms. The first-order valence-electron chi connectivity index (χ1n) is 27.5. The molecule has 0 N–H and O–H groups in total. The van der Waals surface area contributed by atoms with Gasteiger partial charge in [0.2, 0.25) is 0 Å². The van der Waals surface area contributed by atoms with Crippen LogP contribution in [0.4, 0.5) is 34.1 Å². The maximum atomic E-state index is 2.53. The average Bonchev–Trinajstić information content (AvgIpc) is 4.18. The normalized spacial score (nSPS) is 11.8. The summed E-state index contributed by atoms with van der Waals surface area (Å²) in [7, 11) is 0. The summed E-state index contributed by atoms with van der Waals surface area (Å²) in [4.78, 5) is 4.97. The van der Waals surface area contributed by atoms with Crippen molar-refractivity contribution in [2.24, 2.45) is 0 Å². The first-order chi connectivity index (χ1) is 39.7. The van der Waals surface area contributed by atoms with E-state index in [1.165, 1.54) is 92.3 Å². The summed E-state index contributed by atoms with van der Waals surface area (Å²) in [5.41, 5.74) is 16.0. The summed E-state index contributed by atoms with van der Waals surface area (Å²) in [6.07, 6.45) is 0. The minimum Gasteiger partial charge on any atom is -0.310 e. The van der Waals surface area contributed by atoms with E-state index in [2.05, 4.69) is 322 Å². The van der Waals surface area contributed by atoms with Crippen LogP contribution in [0.1, 0.15) is 0 Å². The van der Waals surface area contributed by atoms with E-state index >= 15 is 0 Å². The molecule has 80 heavy (non-hydrogen) atoms. The Morgan fingerprint density at radius 2 is 0.588 bits per heavy atom. The molecule has 14 aromatic carbocycles. The maximum absolute atomic E-state index is 2.53. The predicted molar refractivity (Wildman–Crippen MR) is 340 cm³/mol. The molecule has 0 unspecified atom stereocenters. The second kappa shape index (κ2) is 18.5. The lowest BCUT2D eigenvalue weighted by atomic mass is 9.89. The molecule has 0 fully saturated rings. The third kappa shape index (κ3) is 7.16. The molecule has 0 saturated heterocycles. The van der Waals surface area contributed by atoms with Crippen molar-refractivity contribution in [3.8, 4) is 22.5 Å². The minimum absolute atomic E-state index is 1.08. The zero-order valence-electron chi connectivity index (χ0n) is 43.7. The SMILES string of the molecule is c1ccc(-n2c3ccccc3c3cc(N(c4ccc(-c5c6ccccc6c(N(c6ccc7c(c6)c6ccccc6n7-c6ccccc6)c6cccc7ccccc67)c6ccccc56)cc4)c4cccc5ccccc45)ccc32)cc1. The largest absolute Gasteiger partial charge is 0.310 e. The maximum Gasteiger partial charge on any atom is 0.0619 e. The van der Waals surface area contributed by atoms with Gasteiger partial charge in [0.25, 0.3) is 0 Å². The molecule has 0 radical (unpaired) electrons. The first-order valence-corrected chi connectivity index (χ1v) is 27.5. The van der Waals surface area contributed by atoms with E-state index in [-0.39, 0.29) is 0 Å². The van der Waals surface area contributed by atoms with Gasteiger partial charge in [-0.3, -0.25) is 0 Å². The van der Waals surface area contributed by atoms with Crippen molar-refractivity contribution in [1.29, 1.82) is 0 Å². The van der Waals surface area contributed by atoms with Gasteiger partial charge in [0, 0.05) is 71.5 Å². The summed E-state index contributed by atoms with van der Waals surface area (Å²) in [6.45, 7) is 0. The van der Waals surface area contributed by atoms with Crippen molar-refractivity contribution in [2.45, 2.75) is 0 Å². The van der Waals surface area contributed by atoms with Crippen LogP contribution in [0.25, 0.3) is 109 Å². The van der Waals surface area contributed by atoms with Crippen molar-refractivity contribution in [3.05, 3.63) is 303 Å². The molecule has 0 spiro atoms. The molecule has 16 rings (SSSR count). The van der Waals surface area contributed by atoms with E-state index in [4.69, 9.17) is 0 Å². The molecule has 16 aromatic rings. The highest BCUT2D eigenvalue weighted by Gasteiger charge is 2.26. The van der Waals surface area contributed by atoms with Gasteiger partial charge >= 0.3 is 0 Å². The third-order valence-corrected chi connectivity index (χ3v) is 16.4. The van der Waals surface area contributed by atoms with Crippen LogP contribution in [0, 0.1) is 0 Å². The van der Waals surface area contributed by atoms with Crippen molar-refractivity contribution < 1.29 is 0 Å². The number of rotatable bonds is 9. The molecule has 0 aliphatic rings. The zero-order chi connectivity index (χ0) is 52.7. The highest BCUT2D eigenvalue weighted by atomic mass is 15.2. The van der Waals surface area contributed by atoms with Gasteiger partial charge in [-0.25, -0.2) is 0 Å². The molecular weight excluding hydrogens is 969 g/mol. The Bertz CT molecular complexity index is 5000. The fourth-order valence-electron chi connectivity index (χ4n) is 13.0. The molecule has 0 aliphatic heterocycles. The van der Waals surface area contributed by atoms with Crippen molar-refractivity contribution in [3.63, 3.8) is 0 Å². The average molecular weight is 1020 g/mol. The van der Waals surface area contributed by atoms with Gasteiger partial charge in [0.05, 0.1) is 39.1 Å². The summed E-state index contributed by atoms with van der Waals surface area (Å²) in [6, 6.07) is 111. The quantitative estimate of drug-likeness (QED) is 0.134. The van der Waals surface area contributed by atoms with Crippen molar-refractivity contribution in [2.75, 3.05) is 9.80 Å². The van der Waals surface area contributed by atoms with Crippen molar-refractivity contribution in [1.82, 2.24) is 9.13 Å². The molecule has 0 atom stereocenters. The summed E-state index contributed by atoms with van der Waals surface area (Å²) >= 11 is 0. The second-order valence-electron chi connectivity index (χ2n) is 20.8. The summed E-state index contributed by atoms with van der Waals surface area (Å²) in [5.74, 6) is 0. The number of nitrogens with zero attached hydrogens (tertiary/aromatic N) is 4. The number of fused-ring (bicyclic) bond motifs is 10. The molecule has 0 bridgehead atoms. The Morgan fingerprint density at radius 1 is 0.225 bits per heavy atom. The number of anilines is 6. The lowest BCUT2D eigenvalue weighted by molar-refractivity contribution is 1.18. The standard InChI is InChI=1S/C76H50N4/c1-3-25-54(26-4-1)78-71-37-17-15-31-61(71)67-49-57(45-47-73(67)78)77(69-39-19-23-51-21-7-9-29-59(51)69)56-43-41-53(42-44-56)75-63-33-11-13-35-65(63)76(66-36-14-12-34-64(66)75)80(70-40-20-24-52-22-8-10-30-60(52)70)58-46-48-74-68(50-58)62-32-16-18-38-72(62)79(74)55-27-5-2-6-28-55/h1-50H. The van der Waals surface area contributed by atoms with E-state index < -0.39 is 0 Å². The molecular formula is C76H50N4. The zero-order valence-corrected chi connectivity index (χ0v) is 43.7. The number of benzene rings is 14. The molecule has 2 heterocycles. The second-order valence-corrected chi connectivity index (χ2v) is 20.8. The van der Waals surface area contributed by atoms with E-state index in [1.807, 2.05) is 0 Å². The van der Waals surface area contributed by atoms with E-state index in [0.717, 1.165) is 51.1 Å². The molecule has 4 nitrogen and oxygen atoms in total. The Morgan fingerprint density at radius 3 is 1.09 bits per heavy atom. The van der Waals surface area contributed by atoms with Crippen LogP contribution in [0.2, 0.25) is 0 Å². The van der Waals surface area contributed by atoms with Gasteiger partial charge in [-0.15, -0.1) is 0 Å². The first kappa shape index (κ1) is 45.5. The van der Waals surface area contributed by atoms with Crippen LogP contribution in [0.5, 0.6) is 0 Å². The highest BCUT2D eigenvalue weighted by molar-refractivity contribution is 6.24. The molecule has 2 aromatic heterocycles. The van der Waals surface area contributed by atoms with Gasteiger partial charge in [-0.1, -0.05) is 206 Å². The molecule has 0 amide bonds. The van der Waals surface area contributed by atoms with Gasteiger partial charge < -0.3 is 18.9 Å². The van der Waals surface area contributed by atoms with Crippen LogP contribution < -0.4 is 9.80 Å². The highest BCUT2D eigenvalue weighted by Crippen LogP contribution is 2.51. The van der Waals surface area contributed by atoms with Gasteiger partial charge in [-0.2, -0.15) is 0 Å². The monoisotopic (exact) mass is 1020 g/mol. The van der Waals surface area contributed by atoms with E-state index in [1.54, 1.807) is 0 Å². The van der Waals surface area contributed by atoms with Crippen LogP contribution in [-0.4, -0.2) is 9.13 Å². The lowest BCUT2D eigenvalue weighted by Crippen LogP contribution is -2.12. The number of para-hydroxylation sites is 4. The van der Waals surface area contributed by atoms with Gasteiger partial charge in [-0.05, 0) is 130 Å². The Balaban J connectivity index is 0.898. The Kier molecular flexibility index (Phi) is 10.5. The topological polar surface area (TPSA) is 16.3 Å². The van der Waals surface area contributed by atoms with Crippen molar-refractivity contribution >= 4 is 121 Å². The summed E-state index contributed by atoms with van der Waals surface area (Å²) in [5, 5.41) is 14.3. The van der Waals surface area contributed by atoms with Crippen LogP contribution in [-0.2, 0) is 0 Å². The lowest BCUT2D eigenvalue weighted by Gasteiger charge is -2.31. The van der Waals surface area contributed by atoms with Gasteiger partial charge in [0.1, 0.15) is 0 Å². The number of aromatic nitrogens is 2. The van der Waals surface area contributed by atoms with Crippen LogP contribution in [0.3, 0.4) is 0 Å².